The average Bonchev–Trinajstić information content (AvgIpc) is 3.01. The van der Waals surface area contributed by atoms with Gasteiger partial charge in [-0.2, -0.15) is 0 Å². The molecule has 27 heavy (non-hydrogen) atoms. The summed E-state index contributed by atoms with van der Waals surface area (Å²) in [4.78, 5) is 17.0. The molecule has 0 radical (unpaired) electrons. The third-order valence-electron chi connectivity index (χ3n) is 4.64. The van der Waals surface area contributed by atoms with Gasteiger partial charge >= 0.3 is 5.97 Å². The number of carbonyl (C=O) groups is 1. The second-order valence-electron chi connectivity index (χ2n) is 7.70. The third-order valence-corrected chi connectivity index (χ3v) is 4.64. The monoisotopic (exact) mass is 362 g/mol. The fraction of sp³-hybridized carbons (Fsp3) is 0.304. The first-order chi connectivity index (χ1) is 12.9. The number of hydrogen-bond acceptors (Lipinski definition) is 3. The largest absolute Gasteiger partial charge is 0.465 e. The second-order valence-corrected chi connectivity index (χ2v) is 7.70. The van der Waals surface area contributed by atoms with Crippen LogP contribution in [-0.2, 0) is 23.1 Å². The van der Waals surface area contributed by atoms with E-state index in [0.29, 0.717) is 18.5 Å². The molecule has 0 unspecified atom stereocenters. The number of nitrogens with zero attached hydrogens (tertiary/aromatic N) is 2. The molecule has 0 atom stereocenters. The second kappa shape index (κ2) is 7.78. The normalized spacial score (nSPS) is 11.4. The van der Waals surface area contributed by atoms with E-state index in [1.54, 1.807) is 6.20 Å². The molecule has 0 fully saturated rings. The van der Waals surface area contributed by atoms with Crippen LogP contribution >= 0.6 is 0 Å². The zero-order chi connectivity index (χ0) is 19.4. The lowest BCUT2D eigenvalue weighted by atomic mass is 9.92. The van der Waals surface area contributed by atoms with Crippen LogP contribution in [0, 0.1) is 0 Å². The van der Waals surface area contributed by atoms with E-state index in [9.17, 15) is 4.79 Å². The summed E-state index contributed by atoms with van der Waals surface area (Å²) in [7, 11) is 1.43. The van der Waals surface area contributed by atoms with Crippen molar-refractivity contribution in [3.8, 4) is 0 Å². The summed E-state index contributed by atoms with van der Waals surface area (Å²) in [5, 5.41) is 0. The topological polar surface area (TPSA) is 44.1 Å². The number of hydrogen-bond donors (Lipinski definition) is 0. The van der Waals surface area contributed by atoms with E-state index >= 15 is 0 Å². The number of aromatic nitrogens is 2. The van der Waals surface area contributed by atoms with Gasteiger partial charge in [-0.1, -0.05) is 57.2 Å². The molecule has 0 aliphatic carbocycles. The van der Waals surface area contributed by atoms with Crippen LogP contribution in [0.25, 0.3) is 0 Å². The molecule has 3 rings (SSSR count). The molecular weight excluding hydrogens is 336 g/mol. The number of pyridine rings is 1. The zero-order valence-corrected chi connectivity index (χ0v) is 16.4. The van der Waals surface area contributed by atoms with Gasteiger partial charge in [0.2, 0.25) is 0 Å². The summed E-state index contributed by atoms with van der Waals surface area (Å²) < 4.78 is 7.30. The molecule has 0 bridgehead atoms. The highest BCUT2D eigenvalue weighted by Gasteiger charge is 2.27. The SMILES string of the molecule is COC(=O)c1cc(C(C)(C)C)n(Cc2ccccn2)c1Cc1ccccc1. The Kier molecular flexibility index (Phi) is 5.45. The Morgan fingerprint density at radius 1 is 1.07 bits per heavy atom. The van der Waals surface area contributed by atoms with Gasteiger partial charge in [0.25, 0.3) is 0 Å². The van der Waals surface area contributed by atoms with Crippen LogP contribution in [0.2, 0.25) is 0 Å². The van der Waals surface area contributed by atoms with Gasteiger partial charge < -0.3 is 9.30 Å². The Labute approximate surface area is 160 Å². The van der Waals surface area contributed by atoms with Crippen molar-refractivity contribution in [3.63, 3.8) is 0 Å². The Morgan fingerprint density at radius 3 is 2.37 bits per heavy atom. The Bertz CT molecular complexity index is 907. The predicted octanol–water partition coefficient (Wildman–Crippen LogP) is 4.61. The summed E-state index contributed by atoms with van der Waals surface area (Å²) in [5.74, 6) is -0.300. The van der Waals surface area contributed by atoms with Crippen LogP contribution in [0.1, 0.15) is 53.8 Å². The third kappa shape index (κ3) is 4.27. The van der Waals surface area contributed by atoms with Gasteiger partial charge in [0.15, 0.2) is 0 Å². The van der Waals surface area contributed by atoms with E-state index < -0.39 is 0 Å². The van der Waals surface area contributed by atoms with Crippen LogP contribution in [-0.4, -0.2) is 22.6 Å². The number of methoxy groups -OCH3 is 1. The maximum Gasteiger partial charge on any atom is 0.339 e. The van der Waals surface area contributed by atoms with Gasteiger partial charge in [0.1, 0.15) is 0 Å². The number of benzene rings is 1. The number of carbonyl (C=O) groups excluding carboxylic acids is 1. The lowest BCUT2D eigenvalue weighted by Gasteiger charge is -2.23. The van der Waals surface area contributed by atoms with Crippen molar-refractivity contribution in [2.45, 2.75) is 39.2 Å². The summed E-state index contributed by atoms with van der Waals surface area (Å²) in [6.07, 6.45) is 2.46. The molecule has 140 valence electrons. The standard InChI is InChI=1S/C23H26N2O2/c1-23(2,3)21-15-19(22(26)27-4)20(14-17-10-6-5-7-11-17)25(21)16-18-12-8-9-13-24-18/h5-13,15H,14,16H2,1-4H3. The van der Waals surface area contributed by atoms with Gasteiger partial charge in [-0.15, -0.1) is 0 Å². The predicted molar refractivity (Wildman–Crippen MR) is 107 cm³/mol. The quantitative estimate of drug-likeness (QED) is 0.623. The Hall–Kier alpha value is -2.88. The number of rotatable bonds is 5. The molecule has 0 N–H and O–H groups in total. The molecule has 0 saturated carbocycles. The molecule has 1 aromatic carbocycles. The first kappa shape index (κ1) is 18.9. The zero-order valence-electron chi connectivity index (χ0n) is 16.4. The molecule has 0 aliphatic rings. The van der Waals surface area contributed by atoms with Crippen molar-refractivity contribution in [2.24, 2.45) is 0 Å². The van der Waals surface area contributed by atoms with Crippen LogP contribution in [0.4, 0.5) is 0 Å². The molecule has 2 aromatic heterocycles. The molecule has 4 heteroatoms. The highest BCUT2D eigenvalue weighted by molar-refractivity contribution is 5.91. The molecule has 0 amide bonds. The fourth-order valence-electron chi connectivity index (χ4n) is 3.31. The van der Waals surface area contributed by atoms with E-state index in [2.05, 4.69) is 42.5 Å². The summed E-state index contributed by atoms with van der Waals surface area (Å²) in [5.41, 5.74) is 4.69. The van der Waals surface area contributed by atoms with E-state index in [4.69, 9.17) is 4.74 Å². The van der Waals surface area contributed by atoms with Crippen molar-refractivity contribution in [2.75, 3.05) is 7.11 Å². The maximum absolute atomic E-state index is 12.5. The molecule has 0 saturated heterocycles. The minimum atomic E-state index is -0.300. The minimum absolute atomic E-state index is 0.119. The van der Waals surface area contributed by atoms with Crippen LogP contribution in [0.5, 0.6) is 0 Å². The highest BCUT2D eigenvalue weighted by Crippen LogP contribution is 2.30. The lowest BCUT2D eigenvalue weighted by Crippen LogP contribution is -2.20. The lowest BCUT2D eigenvalue weighted by molar-refractivity contribution is 0.0599. The molecule has 0 aliphatic heterocycles. The number of ether oxygens (including phenoxy) is 1. The van der Waals surface area contributed by atoms with Crippen LogP contribution in [0.15, 0.2) is 60.8 Å². The summed E-state index contributed by atoms with van der Waals surface area (Å²) >= 11 is 0. The van der Waals surface area contributed by atoms with Crippen molar-refractivity contribution in [1.29, 1.82) is 0 Å². The van der Waals surface area contributed by atoms with Gasteiger partial charge in [0, 0.05) is 29.4 Å². The molecule has 3 aromatic rings. The maximum atomic E-state index is 12.5. The van der Waals surface area contributed by atoms with Crippen LogP contribution in [0.3, 0.4) is 0 Å². The smallest absolute Gasteiger partial charge is 0.339 e. The fourth-order valence-corrected chi connectivity index (χ4v) is 3.31. The average molecular weight is 362 g/mol. The molecule has 4 nitrogen and oxygen atoms in total. The molecular formula is C23H26N2O2. The van der Waals surface area contributed by atoms with Crippen molar-refractivity contribution >= 4 is 5.97 Å². The van der Waals surface area contributed by atoms with Gasteiger partial charge in [-0.05, 0) is 23.8 Å². The molecule has 2 heterocycles. The van der Waals surface area contributed by atoms with E-state index in [1.807, 2.05) is 42.5 Å². The van der Waals surface area contributed by atoms with Gasteiger partial charge in [0.05, 0.1) is 24.9 Å². The summed E-state index contributed by atoms with van der Waals surface area (Å²) in [6.45, 7) is 7.09. The first-order valence-corrected chi connectivity index (χ1v) is 9.15. The Balaban J connectivity index is 2.16. The van der Waals surface area contributed by atoms with Crippen molar-refractivity contribution in [3.05, 3.63) is 89.0 Å². The molecule has 0 spiro atoms. The van der Waals surface area contributed by atoms with Gasteiger partial charge in [-0.3, -0.25) is 4.98 Å². The first-order valence-electron chi connectivity index (χ1n) is 9.15. The van der Waals surface area contributed by atoms with E-state index in [1.165, 1.54) is 7.11 Å². The van der Waals surface area contributed by atoms with Crippen molar-refractivity contribution in [1.82, 2.24) is 9.55 Å². The summed E-state index contributed by atoms with van der Waals surface area (Å²) in [6, 6.07) is 18.1. The number of esters is 1. The Morgan fingerprint density at radius 2 is 1.78 bits per heavy atom. The van der Waals surface area contributed by atoms with Crippen molar-refractivity contribution < 1.29 is 9.53 Å². The highest BCUT2D eigenvalue weighted by atomic mass is 16.5. The van der Waals surface area contributed by atoms with E-state index in [0.717, 1.165) is 22.6 Å². The van der Waals surface area contributed by atoms with Crippen LogP contribution < -0.4 is 0 Å². The van der Waals surface area contributed by atoms with Gasteiger partial charge in [-0.25, -0.2) is 4.79 Å². The van der Waals surface area contributed by atoms with E-state index in [-0.39, 0.29) is 11.4 Å². The minimum Gasteiger partial charge on any atom is -0.465 e.